The number of hydrogen-bond donors (Lipinski definition) is 0. The number of aromatic nitrogens is 7. The van der Waals surface area contributed by atoms with E-state index < -0.39 is 0 Å². The molecule has 0 aliphatic rings. The largest absolute Gasteiger partial charge is 0.265 e. The van der Waals surface area contributed by atoms with Gasteiger partial charge in [0.2, 0.25) is 0 Å². The molecule has 0 aliphatic heterocycles. The third kappa shape index (κ3) is 750. The Bertz CT molecular complexity index is 910. The second kappa shape index (κ2) is 165. The van der Waals surface area contributed by atoms with Crippen molar-refractivity contribution < 1.29 is 0 Å². The van der Waals surface area contributed by atoms with E-state index >= 15 is 0 Å². The number of benzene rings is 1. The molecule has 0 radical (unpaired) electrons. The van der Waals surface area contributed by atoms with Crippen LogP contribution >= 0.6 is 0 Å². The molecule has 86 heavy (non-hydrogen) atoms. The third-order valence-corrected chi connectivity index (χ3v) is 2.67. The van der Waals surface area contributed by atoms with E-state index in [2.05, 4.69) is 174 Å². The molecule has 528 valence electrons. The van der Waals surface area contributed by atoms with Crippen molar-refractivity contribution in [3.05, 3.63) is 141 Å². The summed E-state index contributed by atoms with van der Waals surface area (Å²) < 4.78 is 0. The lowest BCUT2D eigenvalue weighted by molar-refractivity contribution is 0.469. The second-order valence-corrected chi connectivity index (χ2v) is 19.9. The highest BCUT2D eigenvalue weighted by molar-refractivity contribution is 4.99. The molecule has 4 heterocycles. The Morgan fingerprint density at radius 1 is 0.151 bits per heavy atom. The maximum absolute atomic E-state index is 3.78. The molecule has 7 heteroatoms. The van der Waals surface area contributed by atoms with Gasteiger partial charge < -0.3 is 0 Å². The zero-order valence-corrected chi connectivity index (χ0v) is 68.9. The van der Waals surface area contributed by atoms with Crippen molar-refractivity contribution in [2.45, 2.75) is 354 Å². The van der Waals surface area contributed by atoms with E-state index in [1.807, 2.05) is 274 Å². The topological polar surface area (TPSA) is 90.2 Å². The van der Waals surface area contributed by atoms with Crippen LogP contribution in [0.5, 0.6) is 0 Å². The van der Waals surface area contributed by atoms with Gasteiger partial charge in [-0.15, -0.1) is 0 Å². The minimum atomic E-state index is 0. The summed E-state index contributed by atoms with van der Waals surface area (Å²) in [6.45, 7) is 104. The van der Waals surface area contributed by atoms with E-state index in [4.69, 9.17) is 0 Å². The summed E-state index contributed by atoms with van der Waals surface area (Å²) in [4.78, 5) is 18.6. The number of pyridine rings is 1. The van der Waals surface area contributed by atoms with E-state index in [1.165, 1.54) is 6.33 Å². The molecule has 0 N–H and O–H groups in total. The molecular formula is C79H177N7. The van der Waals surface area contributed by atoms with Crippen molar-refractivity contribution in [1.82, 2.24) is 35.1 Å². The minimum absolute atomic E-state index is 0. The van der Waals surface area contributed by atoms with Gasteiger partial charge in [-0.1, -0.05) is 396 Å². The lowest BCUT2D eigenvalue weighted by atomic mass is 10.0. The van der Waals surface area contributed by atoms with Gasteiger partial charge in [-0.3, -0.25) is 15.0 Å². The predicted molar refractivity (Wildman–Crippen MR) is 419 cm³/mol. The first kappa shape index (κ1) is 144. The van der Waals surface area contributed by atoms with E-state index in [0.29, 0.717) is 27.1 Å². The highest BCUT2D eigenvalue weighted by Crippen LogP contribution is 2.10. The van der Waals surface area contributed by atoms with Crippen molar-refractivity contribution in [2.24, 2.45) is 27.1 Å². The SMILES string of the molecule is C.CC.CC.CC.CC.CC.CC.CC.CC.CC.CC.CC.CC.CC.CC.CC.CC(C)(C)C.CC(C)(C)C.CC(C)(C)C.CC(C)(C)C.CC(C)(C)C.c1ccccc1.c1ccncc1.c1ccnnc1.c1cnccn1.c1cncnc1. The standard InChI is InChI=1S/C6H6.C5H5N.5C5H12.3C4H4N2.15C2H6.CH4/c2*1-2-4-6-5-3-1;5*1-5(2,3)4;1-2-6-4-3-5-1;1-2-5-4-6-3-1;1-2-4-6-5-3-1;15*1-2;/h1-6H;1-5H;5*1-4H3;3*1-4H;15*1-2H3;1H4. The van der Waals surface area contributed by atoms with Crippen LogP contribution < -0.4 is 0 Å². The Hall–Kier alpha value is -4.39. The van der Waals surface area contributed by atoms with Crippen LogP contribution in [-0.2, 0) is 0 Å². The van der Waals surface area contributed by atoms with Crippen molar-refractivity contribution in [1.29, 1.82) is 0 Å². The van der Waals surface area contributed by atoms with Crippen LogP contribution in [0.15, 0.2) is 141 Å². The number of hydrogen-bond acceptors (Lipinski definition) is 7. The Morgan fingerprint density at radius 2 is 0.267 bits per heavy atom. The zero-order chi connectivity index (χ0) is 73.7. The van der Waals surface area contributed by atoms with E-state index in [-0.39, 0.29) is 7.43 Å². The average Bonchev–Trinajstić information content (AvgIpc) is 3.53. The zero-order valence-electron chi connectivity index (χ0n) is 68.9. The van der Waals surface area contributed by atoms with Gasteiger partial charge in [0.25, 0.3) is 0 Å². The van der Waals surface area contributed by atoms with Crippen LogP contribution in [-0.4, -0.2) is 35.1 Å². The van der Waals surface area contributed by atoms with Gasteiger partial charge >= 0.3 is 0 Å². The molecule has 0 saturated carbocycles. The summed E-state index contributed by atoms with van der Waals surface area (Å²) >= 11 is 0. The molecule has 0 spiro atoms. The van der Waals surface area contributed by atoms with Crippen LogP contribution in [0.25, 0.3) is 0 Å². The quantitative estimate of drug-likeness (QED) is 0.153. The highest BCUT2D eigenvalue weighted by atomic mass is 15.1. The number of rotatable bonds is 0. The highest BCUT2D eigenvalue weighted by Gasteiger charge is 1.97. The van der Waals surface area contributed by atoms with Crippen LogP contribution in [0, 0.1) is 27.1 Å². The van der Waals surface area contributed by atoms with Gasteiger partial charge in [-0.25, -0.2) is 9.97 Å². The first-order valence-electron chi connectivity index (χ1n) is 34.0. The first-order chi connectivity index (χ1) is 40.0. The second-order valence-electron chi connectivity index (χ2n) is 19.9. The lowest BCUT2D eigenvalue weighted by Gasteiger charge is -2.05. The molecule has 1 aromatic carbocycles. The van der Waals surface area contributed by atoms with Gasteiger partial charge in [-0.2, -0.15) is 10.2 Å². The molecule has 0 fully saturated rings. The summed E-state index contributed by atoms with van der Waals surface area (Å²) in [5.74, 6) is 0. The van der Waals surface area contributed by atoms with Crippen molar-refractivity contribution in [2.75, 3.05) is 0 Å². The molecule has 5 rings (SSSR count). The van der Waals surface area contributed by atoms with Crippen molar-refractivity contribution in [3.63, 3.8) is 0 Å². The van der Waals surface area contributed by atoms with Crippen molar-refractivity contribution in [3.8, 4) is 0 Å². The van der Waals surface area contributed by atoms with Crippen molar-refractivity contribution >= 4 is 0 Å². The van der Waals surface area contributed by atoms with Gasteiger partial charge in [0, 0.05) is 62.0 Å². The Kier molecular flexibility index (Phi) is 277. The first-order valence-corrected chi connectivity index (χ1v) is 34.0. The molecule has 0 amide bonds. The van der Waals surface area contributed by atoms with Gasteiger partial charge in [0.15, 0.2) is 0 Å². The van der Waals surface area contributed by atoms with E-state index in [1.54, 1.807) is 68.0 Å². The molecule has 0 bridgehead atoms. The monoisotopic (exact) mass is 1220 g/mol. The molecule has 7 nitrogen and oxygen atoms in total. The maximum atomic E-state index is 3.78. The van der Waals surface area contributed by atoms with Gasteiger partial charge in [0.1, 0.15) is 6.33 Å². The van der Waals surface area contributed by atoms with Crippen LogP contribution in [0.2, 0.25) is 0 Å². The summed E-state index contributed by atoms with van der Waals surface area (Å²) in [5.41, 5.74) is 2.50. The van der Waals surface area contributed by atoms with Crippen LogP contribution in [0.3, 0.4) is 0 Å². The van der Waals surface area contributed by atoms with E-state index in [9.17, 15) is 0 Å². The Balaban J connectivity index is -0.0000000274. The summed E-state index contributed by atoms with van der Waals surface area (Å²) in [7, 11) is 0. The molecular weight excluding hydrogens is 1050 g/mol. The molecule has 4 aromatic heterocycles. The smallest absolute Gasteiger partial charge is 0.115 e. The summed E-state index contributed by atoms with van der Waals surface area (Å²) in [6.07, 6.45) is 18.2. The fraction of sp³-hybridized carbons (Fsp3) is 0.709. The third-order valence-electron chi connectivity index (χ3n) is 2.67. The molecule has 5 aromatic rings. The van der Waals surface area contributed by atoms with Crippen LogP contribution in [0.4, 0.5) is 0 Å². The Labute approximate surface area is 554 Å². The maximum Gasteiger partial charge on any atom is 0.115 e. The number of nitrogens with zero attached hydrogens (tertiary/aromatic N) is 7. The molecule has 0 saturated heterocycles. The predicted octanol–water partition coefficient (Wildman–Crippen LogP) is 30.5. The van der Waals surface area contributed by atoms with Crippen LogP contribution in [0.1, 0.15) is 354 Å². The fourth-order valence-corrected chi connectivity index (χ4v) is 1.46. The minimum Gasteiger partial charge on any atom is -0.265 e. The lowest BCUT2D eigenvalue weighted by Crippen LogP contribution is -1.93. The fourth-order valence-electron chi connectivity index (χ4n) is 1.46. The molecule has 0 aliphatic carbocycles. The Morgan fingerprint density at radius 3 is 0.326 bits per heavy atom. The van der Waals surface area contributed by atoms with Gasteiger partial charge in [0.05, 0.1) is 0 Å². The molecule has 0 unspecified atom stereocenters. The average molecular weight is 1230 g/mol. The summed E-state index contributed by atoms with van der Waals surface area (Å²) in [5, 5.41) is 7.07. The molecule has 0 atom stereocenters. The summed E-state index contributed by atoms with van der Waals surface area (Å²) in [6, 6.07) is 23.1. The van der Waals surface area contributed by atoms with Gasteiger partial charge in [-0.05, 0) is 57.4 Å². The van der Waals surface area contributed by atoms with E-state index in [0.717, 1.165) is 0 Å². The normalized spacial score (nSPS) is 7.33.